The van der Waals surface area contributed by atoms with Gasteiger partial charge in [-0.25, -0.2) is 0 Å². The Labute approximate surface area is 136 Å². The van der Waals surface area contributed by atoms with E-state index in [1.165, 1.54) is 31.2 Å². The molecule has 5 heteroatoms. The van der Waals surface area contributed by atoms with E-state index >= 15 is 0 Å². The van der Waals surface area contributed by atoms with Gasteiger partial charge in [0.15, 0.2) is 5.16 Å². The highest BCUT2D eigenvalue weighted by Crippen LogP contribution is 2.21. The Morgan fingerprint density at radius 1 is 1.18 bits per heavy atom. The van der Waals surface area contributed by atoms with Crippen molar-refractivity contribution in [2.24, 2.45) is 7.05 Å². The molecule has 0 bridgehead atoms. The molecular formula is C17H24N4S. The fourth-order valence-electron chi connectivity index (χ4n) is 2.93. The lowest BCUT2D eigenvalue weighted by molar-refractivity contribution is 0.519. The summed E-state index contributed by atoms with van der Waals surface area (Å²) in [7, 11) is 2.07. The van der Waals surface area contributed by atoms with Gasteiger partial charge in [-0.3, -0.25) is 0 Å². The van der Waals surface area contributed by atoms with E-state index in [9.17, 15) is 0 Å². The lowest BCUT2D eigenvalue weighted by Crippen LogP contribution is -2.28. The molecule has 1 heterocycles. The quantitative estimate of drug-likeness (QED) is 0.797. The van der Waals surface area contributed by atoms with Crippen LogP contribution in [0.4, 0.5) is 0 Å². The monoisotopic (exact) mass is 316 g/mol. The highest BCUT2D eigenvalue weighted by atomic mass is 32.2. The van der Waals surface area contributed by atoms with Crippen molar-refractivity contribution < 1.29 is 0 Å². The molecule has 3 rings (SSSR count). The van der Waals surface area contributed by atoms with Crippen molar-refractivity contribution >= 4 is 11.8 Å². The van der Waals surface area contributed by atoms with Gasteiger partial charge >= 0.3 is 0 Å². The fraction of sp³-hybridized carbons (Fsp3) is 0.529. The molecule has 0 unspecified atom stereocenters. The van der Waals surface area contributed by atoms with E-state index in [1.807, 2.05) is 6.07 Å². The van der Waals surface area contributed by atoms with E-state index < -0.39 is 0 Å². The van der Waals surface area contributed by atoms with Crippen LogP contribution in [0.5, 0.6) is 0 Å². The summed E-state index contributed by atoms with van der Waals surface area (Å²) in [5.74, 6) is 2.01. The summed E-state index contributed by atoms with van der Waals surface area (Å²) in [6, 6.07) is 11.2. The smallest absolute Gasteiger partial charge is 0.191 e. The van der Waals surface area contributed by atoms with Crippen LogP contribution in [0.25, 0.3) is 0 Å². The molecule has 1 N–H and O–H groups in total. The molecule has 1 aromatic carbocycles. The van der Waals surface area contributed by atoms with Crippen LogP contribution in [0, 0.1) is 0 Å². The molecule has 4 nitrogen and oxygen atoms in total. The van der Waals surface area contributed by atoms with Gasteiger partial charge < -0.3 is 9.88 Å². The number of hydrogen-bond acceptors (Lipinski definition) is 4. The lowest BCUT2D eigenvalue weighted by Gasteiger charge is -2.11. The van der Waals surface area contributed by atoms with Gasteiger partial charge in [0.1, 0.15) is 5.82 Å². The molecule has 1 saturated carbocycles. The maximum atomic E-state index is 4.34. The average molecular weight is 316 g/mol. The Bertz CT molecular complexity index is 576. The molecule has 22 heavy (non-hydrogen) atoms. The van der Waals surface area contributed by atoms with E-state index in [2.05, 4.69) is 51.4 Å². The number of aromatic nitrogens is 3. The molecule has 0 aliphatic heterocycles. The first kappa shape index (κ1) is 15.6. The second kappa shape index (κ2) is 7.79. The van der Waals surface area contributed by atoms with Crippen LogP contribution in [0.1, 0.15) is 37.1 Å². The van der Waals surface area contributed by atoms with Crippen molar-refractivity contribution in [2.75, 3.05) is 6.54 Å². The molecule has 118 valence electrons. The first-order chi connectivity index (χ1) is 10.8. The minimum Gasteiger partial charge on any atom is -0.314 e. The Hall–Kier alpha value is -1.33. The molecule has 2 aromatic rings. The van der Waals surface area contributed by atoms with Gasteiger partial charge in [-0.1, -0.05) is 54.9 Å². The third-order valence-electron chi connectivity index (χ3n) is 4.27. The van der Waals surface area contributed by atoms with Crippen molar-refractivity contribution in [3.05, 3.63) is 41.7 Å². The molecule has 0 atom stereocenters. The summed E-state index contributed by atoms with van der Waals surface area (Å²) in [6.45, 7) is 1.000. The zero-order valence-corrected chi connectivity index (χ0v) is 14.0. The Morgan fingerprint density at radius 3 is 2.73 bits per heavy atom. The van der Waals surface area contributed by atoms with Crippen LogP contribution in [-0.2, 0) is 19.2 Å². The first-order valence-corrected chi connectivity index (χ1v) is 9.10. The van der Waals surface area contributed by atoms with Crippen LogP contribution in [0.3, 0.4) is 0 Å². The third kappa shape index (κ3) is 4.11. The van der Waals surface area contributed by atoms with Crippen molar-refractivity contribution in [3.63, 3.8) is 0 Å². The summed E-state index contributed by atoms with van der Waals surface area (Å²) in [5, 5.41) is 13.3. The van der Waals surface area contributed by atoms with Gasteiger partial charge in [-0.15, -0.1) is 10.2 Å². The first-order valence-electron chi connectivity index (χ1n) is 8.11. The van der Waals surface area contributed by atoms with E-state index in [4.69, 9.17) is 0 Å². The van der Waals surface area contributed by atoms with Gasteiger partial charge in [0.2, 0.25) is 0 Å². The summed E-state index contributed by atoms with van der Waals surface area (Å²) < 4.78 is 2.13. The predicted octanol–water partition coefficient (Wildman–Crippen LogP) is 3.18. The number of nitrogens with one attached hydrogen (secondary N) is 1. The summed E-state index contributed by atoms with van der Waals surface area (Å²) >= 11 is 1.75. The van der Waals surface area contributed by atoms with Gasteiger partial charge in [0.05, 0.1) is 0 Å². The Kier molecular flexibility index (Phi) is 5.51. The number of hydrogen-bond donors (Lipinski definition) is 1. The Balaban J connectivity index is 1.48. The third-order valence-corrected chi connectivity index (χ3v) is 5.36. The Morgan fingerprint density at radius 2 is 1.95 bits per heavy atom. The van der Waals surface area contributed by atoms with E-state index in [0.717, 1.165) is 35.7 Å². The molecule has 1 fully saturated rings. The predicted molar refractivity (Wildman–Crippen MR) is 91.0 cm³/mol. The van der Waals surface area contributed by atoms with Crippen LogP contribution >= 0.6 is 11.8 Å². The molecular weight excluding hydrogens is 292 g/mol. The van der Waals surface area contributed by atoms with Gasteiger partial charge in [-0.05, 0) is 18.4 Å². The minimum absolute atomic E-state index is 0.722. The zero-order chi connectivity index (χ0) is 15.2. The molecule has 0 saturated heterocycles. The highest BCUT2D eigenvalue weighted by molar-refractivity contribution is 7.98. The van der Waals surface area contributed by atoms with Gasteiger partial charge in [0.25, 0.3) is 0 Å². The van der Waals surface area contributed by atoms with Gasteiger partial charge in [0, 0.05) is 31.8 Å². The van der Waals surface area contributed by atoms with E-state index in [0.29, 0.717) is 0 Å². The second-order valence-corrected chi connectivity index (χ2v) is 6.86. The molecule has 1 aromatic heterocycles. The van der Waals surface area contributed by atoms with Crippen LogP contribution in [0.2, 0.25) is 0 Å². The van der Waals surface area contributed by atoms with Crippen molar-refractivity contribution in [1.29, 1.82) is 0 Å². The summed E-state index contributed by atoms with van der Waals surface area (Å²) in [5.41, 5.74) is 1.32. The van der Waals surface area contributed by atoms with Crippen molar-refractivity contribution in [3.8, 4) is 0 Å². The largest absolute Gasteiger partial charge is 0.314 e. The highest BCUT2D eigenvalue weighted by Gasteiger charge is 2.14. The standard InChI is InChI=1S/C17H24N4S/c1-21-16(11-12-18-15-9-5-6-10-15)19-20-17(21)22-13-14-7-3-2-4-8-14/h2-4,7-8,15,18H,5-6,9-13H2,1H3. The van der Waals surface area contributed by atoms with Gasteiger partial charge in [-0.2, -0.15) is 0 Å². The molecule has 0 amide bonds. The van der Waals surface area contributed by atoms with Crippen LogP contribution in [0.15, 0.2) is 35.5 Å². The van der Waals surface area contributed by atoms with E-state index in [1.54, 1.807) is 11.8 Å². The SMILES string of the molecule is Cn1c(CCNC2CCCC2)nnc1SCc1ccccc1. The number of nitrogens with zero attached hydrogens (tertiary/aromatic N) is 3. The summed E-state index contributed by atoms with van der Waals surface area (Å²) in [4.78, 5) is 0. The lowest BCUT2D eigenvalue weighted by atomic mass is 10.2. The zero-order valence-electron chi connectivity index (χ0n) is 13.2. The average Bonchev–Trinajstić information content (AvgIpc) is 3.18. The molecule has 0 spiro atoms. The maximum Gasteiger partial charge on any atom is 0.191 e. The summed E-state index contributed by atoms with van der Waals surface area (Å²) in [6.07, 6.45) is 6.36. The normalized spacial score (nSPS) is 15.5. The fourth-order valence-corrected chi connectivity index (χ4v) is 3.81. The molecule has 1 aliphatic rings. The topological polar surface area (TPSA) is 42.7 Å². The van der Waals surface area contributed by atoms with E-state index in [-0.39, 0.29) is 0 Å². The number of thioether (sulfide) groups is 1. The number of benzene rings is 1. The second-order valence-electron chi connectivity index (χ2n) is 5.92. The van der Waals surface area contributed by atoms with Crippen molar-refractivity contribution in [2.45, 2.75) is 49.1 Å². The maximum absolute atomic E-state index is 4.34. The van der Waals surface area contributed by atoms with Crippen LogP contribution < -0.4 is 5.32 Å². The number of rotatable bonds is 7. The minimum atomic E-state index is 0.722. The molecule has 1 aliphatic carbocycles. The van der Waals surface area contributed by atoms with Crippen molar-refractivity contribution in [1.82, 2.24) is 20.1 Å². The van der Waals surface area contributed by atoms with Crippen LogP contribution in [-0.4, -0.2) is 27.4 Å². The molecule has 0 radical (unpaired) electrons.